The van der Waals surface area contributed by atoms with E-state index in [1.165, 1.54) is 53.5 Å². The van der Waals surface area contributed by atoms with E-state index >= 15 is 13.2 Å². The molecule has 12 aromatic rings. The number of hydrogen-bond donors (Lipinski definition) is 10. The lowest BCUT2D eigenvalue weighted by atomic mass is 9.99. The number of nitrogens with one attached hydrogen (secondary N) is 6. The van der Waals surface area contributed by atoms with Crippen molar-refractivity contribution in [3.63, 3.8) is 0 Å². The highest BCUT2D eigenvalue weighted by atomic mass is 35.5. The number of esters is 3. The summed E-state index contributed by atoms with van der Waals surface area (Å²) in [6, 6.07) is 33.8. The fraction of sp³-hybridized carbons (Fsp3) is 0.484. The van der Waals surface area contributed by atoms with Crippen LogP contribution < -0.4 is 50.5 Å². The number of aromatic nitrogens is 12. The van der Waals surface area contributed by atoms with E-state index in [2.05, 4.69) is 76.1 Å². The minimum Gasteiger partial charge on any atom is -0.464 e. The third-order valence-electron chi connectivity index (χ3n) is 22.5. The first-order valence-corrected chi connectivity index (χ1v) is 51.0. The molecule has 9 heterocycles. The molecule has 0 bridgehead atoms. The van der Waals surface area contributed by atoms with Gasteiger partial charge in [-0.25, -0.2) is 61.8 Å². The zero-order valence-corrected chi connectivity index (χ0v) is 85.3. The average Bonchev–Trinajstić information content (AvgIpc) is 1.62. The molecule has 3 fully saturated rings. The molecule has 0 aliphatic carbocycles. The first kappa shape index (κ1) is 110. The van der Waals surface area contributed by atoms with Gasteiger partial charge in [-0.15, -0.1) is 34.8 Å². The summed E-state index contributed by atoms with van der Waals surface area (Å²) in [4.78, 5) is 77.2. The SMILES string of the molecule is C.CNc1nc(C)nc2c1ncn2[C@@H]1O[C@](CCl)(CO[P@@](=O)(N[C@H](C)C(=O)OCC(C)(C)C)Oc2cccc3ccccc23)[C@@H](O)[C@@H]1F.CNc1nc(C)nc2c1ncn2[C@@H]1O[C@](CCl)(CO[P@](=O)(N[C@H](C)C(=O)OCC(C)(C)C)Oc2cccc3ccccc23)[C@@H](O)[C@@H]1F.CNc1nc(N)nc2c1ncn2[C@@H]1O[C@](CCl)(CO[P@@](=O)(N[C@@H](C)C(=O)OCC(C)(C)C)Oc2cccc3ccccc23)[C@@H](O)[C@@H]1F. The van der Waals surface area contributed by atoms with Crippen molar-refractivity contribution in [1.82, 2.24) is 73.8 Å². The summed E-state index contributed by atoms with van der Waals surface area (Å²) in [6.45, 7) is 23.1. The first-order chi connectivity index (χ1) is 66.6. The number of alkyl halides is 6. The second-order valence-electron chi connectivity index (χ2n) is 37.8. The lowest BCUT2D eigenvalue weighted by Gasteiger charge is -2.32. The number of carbonyl (C=O) groups is 3. The second kappa shape index (κ2) is 45.1. The molecule has 6 aromatic heterocycles. The number of benzene rings is 6. The van der Waals surface area contributed by atoms with Gasteiger partial charge in [0.15, 0.2) is 88.1 Å². The lowest BCUT2D eigenvalue weighted by molar-refractivity contribution is -0.148. The summed E-state index contributed by atoms with van der Waals surface area (Å²) in [5.74, 6) is -1.02. The van der Waals surface area contributed by atoms with E-state index in [0.29, 0.717) is 56.3 Å². The van der Waals surface area contributed by atoms with Gasteiger partial charge >= 0.3 is 41.1 Å². The Morgan fingerprint density at radius 1 is 0.437 bits per heavy atom. The van der Waals surface area contributed by atoms with Crippen LogP contribution in [-0.2, 0) is 70.1 Å². The highest BCUT2D eigenvalue weighted by molar-refractivity contribution is 7.52. The van der Waals surface area contributed by atoms with Gasteiger partial charge in [-0.3, -0.25) is 41.7 Å². The molecule has 3 aliphatic heterocycles. The van der Waals surface area contributed by atoms with Crippen molar-refractivity contribution in [2.45, 2.75) is 195 Å². The van der Waals surface area contributed by atoms with E-state index in [1.807, 2.05) is 117 Å². The molecule has 11 N–H and O–H groups in total. The molecule has 3 aliphatic rings. The molecule has 0 amide bonds. The van der Waals surface area contributed by atoms with Gasteiger partial charge in [-0.05, 0) is 85.2 Å². The Labute approximate surface area is 832 Å². The zero-order chi connectivity index (χ0) is 102. The van der Waals surface area contributed by atoms with Gasteiger partial charge in [0.2, 0.25) is 5.95 Å². The van der Waals surface area contributed by atoms with Gasteiger partial charge in [-0.1, -0.05) is 179 Å². The monoisotopic (exact) mass is 2090 g/mol. The predicted molar refractivity (Wildman–Crippen MR) is 532 cm³/mol. The van der Waals surface area contributed by atoms with Crippen molar-refractivity contribution < 1.29 is 112 Å². The van der Waals surface area contributed by atoms with E-state index < -0.39 is 169 Å². The number of fused-ring (bicyclic) bond motifs is 6. The number of nitrogens with two attached hydrogens (primary N) is 1. The summed E-state index contributed by atoms with van der Waals surface area (Å²) < 4.78 is 165. The molecular formula is C93H120Cl3F3N19O21P3. The number of nitrogen functional groups attached to an aromatic ring is 1. The average molecular weight is 2100 g/mol. The van der Waals surface area contributed by atoms with E-state index in [4.69, 9.17) is 96.1 Å². The molecular weight excluding hydrogens is 1980 g/mol. The quantitative estimate of drug-likeness (QED) is 0.00754. The van der Waals surface area contributed by atoms with Crippen LogP contribution in [0.2, 0.25) is 0 Å². The number of imidazole rings is 3. The number of ether oxygens (including phenoxy) is 6. The van der Waals surface area contributed by atoms with Crippen molar-refractivity contribution in [2.75, 3.05) is 100 Å². The number of halogens is 6. The standard InChI is InChI=1S/2C31H39ClFN6O7P.C30H38ClFN7O7P.CH4/c2*1-18(29(41)43-15-30(3,4)5)38-47(42,46-22-13-9-11-20-10-7-8-12-21(20)22)44-16-31(14-32)25(40)23(33)28(45-31)39-17-35-24-26(34-6)36-19(2)37-27(24)39;1-17(27(41)43-14-29(2,3)4)38-47(42,46-20-12-8-10-18-9-6-7-11-19(18)20)44-15-30(13-31)23(40)21(32)26(45-30)39-16-35-22-24(34-5)36-28(33)37-25(22)39;/h2*7-13,17-18,23,25,28,40H,14-16H2,1-6H3,(H,38,42)(H,34,36,37);6-12,16-17,21,23,26,40H,13-15H2,1-5H3,(H,38,42)(H3,33,34,36,37);1H4/t18-,23+,25+,28-,31-,47+;18-,23+,25+,28-,31-,47-;17-,21-,23-,26+,30+,47-;/m110./s1. The lowest BCUT2D eigenvalue weighted by Crippen LogP contribution is -2.48. The van der Waals surface area contributed by atoms with Gasteiger partial charge in [0.25, 0.3) is 0 Å². The summed E-state index contributed by atoms with van der Waals surface area (Å²) in [5, 5.41) is 54.4. The van der Waals surface area contributed by atoms with Crippen LogP contribution in [0.1, 0.15) is 121 Å². The molecule has 15 rings (SSSR count). The minimum atomic E-state index is -4.50. The molecule has 770 valence electrons. The van der Waals surface area contributed by atoms with Gasteiger partial charge in [0.1, 0.15) is 82.1 Å². The zero-order valence-electron chi connectivity index (χ0n) is 80.4. The molecule has 142 heavy (non-hydrogen) atoms. The van der Waals surface area contributed by atoms with E-state index in [1.54, 1.807) is 108 Å². The molecule has 49 heteroatoms. The molecule has 6 aromatic carbocycles. The molecule has 18 atom stereocenters. The van der Waals surface area contributed by atoms with Gasteiger partial charge < -0.3 is 79.0 Å². The molecule has 0 radical (unpaired) electrons. The highest BCUT2D eigenvalue weighted by Gasteiger charge is 2.61. The maximum atomic E-state index is 15.9. The largest absolute Gasteiger partial charge is 0.464 e. The normalized spacial score (nSPS) is 23.3. The second-order valence-corrected chi connectivity index (χ2v) is 43.6. The first-order valence-electron chi connectivity index (χ1n) is 44.8. The van der Waals surface area contributed by atoms with Crippen molar-refractivity contribution in [3.8, 4) is 17.2 Å². The fourth-order valence-corrected chi connectivity index (χ4v) is 20.7. The van der Waals surface area contributed by atoms with Crippen LogP contribution in [0, 0.1) is 30.1 Å². The number of aliphatic hydroxyl groups is 3. The van der Waals surface area contributed by atoms with Gasteiger partial charge in [0, 0.05) is 37.3 Å². The van der Waals surface area contributed by atoms with Crippen LogP contribution in [0.4, 0.5) is 36.6 Å². The minimum absolute atomic E-state index is 0. The number of rotatable bonds is 36. The predicted octanol–water partition coefficient (Wildman–Crippen LogP) is 15.8. The summed E-state index contributed by atoms with van der Waals surface area (Å²) in [6.07, 6.45) is -12.0. The molecule has 40 nitrogen and oxygen atoms in total. The number of hydrogen-bond acceptors (Lipinski definition) is 34. The fourth-order valence-electron chi connectivity index (χ4n) is 15.1. The number of aryl methyl sites for hydroxylation is 2. The summed E-state index contributed by atoms with van der Waals surface area (Å²) in [7, 11) is -8.51. The van der Waals surface area contributed by atoms with Crippen LogP contribution in [0.25, 0.3) is 65.8 Å². The number of anilines is 4. The summed E-state index contributed by atoms with van der Waals surface area (Å²) >= 11 is 19.0. The molecule has 0 spiro atoms. The van der Waals surface area contributed by atoms with Crippen molar-refractivity contribution in [3.05, 3.63) is 158 Å². The Bertz CT molecular complexity index is 6020. The number of nitrogens with zero attached hydrogens (tertiary/aromatic N) is 12. The van der Waals surface area contributed by atoms with Crippen LogP contribution in [0.3, 0.4) is 0 Å². The third kappa shape index (κ3) is 25.0. The van der Waals surface area contributed by atoms with Crippen LogP contribution in [-0.4, -0.2) is 242 Å². The highest BCUT2D eigenvalue weighted by Crippen LogP contribution is 2.55. The van der Waals surface area contributed by atoms with E-state index in [-0.39, 0.29) is 89.1 Å². The Morgan fingerprint density at radius 3 is 0.965 bits per heavy atom. The van der Waals surface area contributed by atoms with Gasteiger partial charge in [0.05, 0.1) is 76.3 Å². The Balaban J connectivity index is 0.000000190. The Morgan fingerprint density at radius 2 is 0.697 bits per heavy atom. The van der Waals surface area contributed by atoms with Crippen molar-refractivity contribution in [2.24, 2.45) is 16.2 Å². The topological polar surface area (TPSA) is 503 Å². The maximum Gasteiger partial charge on any atom is 0.459 e. The smallest absolute Gasteiger partial charge is 0.459 e. The molecule has 0 unspecified atom stereocenters. The Hall–Kier alpha value is -10.4. The maximum absolute atomic E-state index is 15.9. The molecule has 0 saturated carbocycles. The van der Waals surface area contributed by atoms with Crippen molar-refractivity contribution >= 4 is 165 Å². The molecule has 3 saturated heterocycles. The van der Waals surface area contributed by atoms with Gasteiger partial charge in [-0.2, -0.15) is 25.2 Å². The summed E-state index contributed by atoms with van der Waals surface area (Å²) in [5.41, 5.74) is 0.891. The van der Waals surface area contributed by atoms with E-state index in [0.717, 1.165) is 16.2 Å². The van der Waals surface area contributed by atoms with Crippen LogP contribution >= 0.6 is 58.0 Å². The third-order valence-corrected chi connectivity index (χ3v) is 28.7. The number of aliphatic hydroxyl groups excluding tert-OH is 3. The number of carbonyl (C=O) groups excluding carboxylic acids is 3. The van der Waals surface area contributed by atoms with E-state index in [9.17, 15) is 43.4 Å². The Kier molecular flexibility index (Phi) is 35.1. The van der Waals surface area contributed by atoms with Crippen LogP contribution in [0.15, 0.2) is 146 Å². The van der Waals surface area contributed by atoms with Crippen molar-refractivity contribution in [1.29, 1.82) is 0 Å². The van der Waals surface area contributed by atoms with Crippen LogP contribution in [0.5, 0.6) is 17.2 Å².